The molecule has 32 heavy (non-hydrogen) atoms. The minimum Gasteiger partial charge on any atom is -0.496 e. The van der Waals surface area contributed by atoms with Crippen molar-refractivity contribution < 1.29 is 36.2 Å². The molecule has 1 aromatic heterocycles. The van der Waals surface area contributed by atoms with E-state index in [1.165, 1.54) is 19.2 Å². The van der Waals surface area contributed by atoms with Gasteiger partial charge in [0.05, 0.1) is 12.7 Å². The molecule has 0 spiro atoms. The van der Waals surface area contributed by atoms with Crippen LogP contribution in [0.5, 0.6) is 11.5 Å². The summed E-state index contributed by atoms with van der Waals surface area (Å²) in [6.07, 6.45) is -4.49. The predicted molar refractivity (Wildman–Crippen MR) is 108 cm³/mol. The average molecular weight is 445 g/mol. The van der Waals surface area contributed by atoms with E-state index in [-0.39, 0.29) is 28.5 Å². The summed E-state index contributed by atoms with van der Waals surface area (Å²) in [5, 5.41) is 0. The summed E-state index contributed by atoms with van der Waals surface area (Å²) in [5.41, 5.74) is 0.917. The first-order valence-corrected chi connectivity index (χ1v) is 9.30. The largest absolute Gasteiger partial charge is 0.496 e. The number of halogens is 4. The van der Waals surface area contributed by atoms with Crippen LogP contribution in [0.15, 0.2) is 59.0 Å². The number of hydrogen-bond donors (Lipinski definition) is 0. The highest BCUT2D eigenvalue weighted by Gasteiger charge is 2.31. The van der Waals surface area contributed by atoms with E-state index in [4.69, 9.17) is 13.9 Å². The number of aromatic nitrogens is 1. The Hall–Kier alpha value is -3.88. The zero-order chi connectivity index (χ0) is 23.0. The Labute approximate surface area is 179 Å². The standard InChI is InChI=1S/C23H15F4NO4/c1-12(29)31-21-10-16(20(30-2)11-17(21)24)13-4-3-5-14(8-13)22-28-18-9-15(23(25,26)27)6-7-19(18)32-22/h3-11H,1-2H3. The minimum atomic E-state index is -4.49. The molecular formula is C23H15F4NO4. The second-order valence-electron chi connectivity index (χ2n) is 6.86. The van der Waals surface area contributed by atoms with Crippen LogP contribution in [0.1, 0.15) is 12.5 Å². The first-order chi connectivity index (χ1) is 15.2. The maximum Gasteiger partial charge on any atom is 0.416 e. The van der Waals surface area contributed by atoms with Crippen LogP contribution in [0.3, 0.4) is 0 Å². The van der Waals surface area contributed by atoms with Crippen molar-refractivity contribution in [2.75, 3.05) is 7.11 Å². The Morgan fingerprint density at radius 2 is 1.75 bits per heavy atom. The zero-order valence-corrected chi connectivity index (χ0v) is 16.8. The van der Waals surface area contributed by atoms with Crippen molar-refractivity contribution in [3.8, 4) is 34.1 Å². The summed E-state index contributed by atoms with van der Waals surface area (Å²) in [5.74, 6) is -1.40. The third-order valence-electron chi connectivity index (χ3n) is 4.64. The van der Waals surface area contributed by atoms with Gasteiger partial charge in [-0.1, -0.05) is 12.1 Å². The fourth-order valence-electron chi connectivity index (χ4n) is 3.21. The molecule has 4 rings (SSSR count). The van der Waals surface area contributed by atoms with Gasteiger partial charge in [-0.25, -0.2) is 9.37 Å². The number of oxazole rings is 1. The number of esters is 1. The number of carbonyl (C=O) groups excluding carboxylic acids is 1. The maximum atomic E-state index is 14.2. The molecule has 0 saturated carbocycles. The third-order valence-corrected chi connectivity index (χ3v) is 4.64. The molecule has 0 fully saturated rings. The minimum absolute atomic E-state index is 0.0664. The molecule has 4 aromatic rings. The fourth-order valence-corrected chi connectivity index (χ4v) is 3.21. The molecule has 5 nitrogen and oxygen atoms in total. The molecule has 0 bridgehead atoms. The van der Waals surface area contributed by atoms with Gasteiger partial charge >= 0.3 is 12.1 Å². The number of alkyl halides is 3. The normalized spacial score (nSPS) is 11.6. The van der Waals surface area contributed by atoms with E-state index in [2.05, 4.69) is 4.98 Å². The van der Waals surface area contributed by atoms with E-state index >= 15 is 0 Å². The molecule has 0 aliphatic carbocycles. The number of benzene rings is 3. The molecule has 3 aromatic carbocycles. The van der Waals surface area contributed by atoms with Crippen molar-refractivity contribution in [1.82, 2.24) is 4.98 Å². The molecule has 0 aliphatic rings. The van der Waals surface area contributed by atoms with Crippen LogP contribution in [0.4, 0.5) is 17.6 Å². The van der Waals surface area contributed by atoms with Gasteiger partial charge in [0.15, 0.2) is 17.1 Å². The molecule has 164 valence electrons. The van der Waals surface area contributed by atoms with Gasteiger partial charge in [-0.2, -0.15) is 13.2 Å². The summed E-state index contributed by atoms with van der Waals surface area (Å²) in [7, 11) is 1.37. The second kappa shape index (κ2) is 7.99. The van der Waals surface area contributed by atoms with E-state index in [9.17, 15) is 22.4 Å². The van der Waals surface area contributed by atoms with Gasteiger partial charge in [-0.05, 0) is 42.0 Å². The van der Waals surface area contributed by atoms with E-state index in [0.717, 1.165) is 25.1 Å². The maximum absolute atomic E-state index is 14.2. The van der Waals surface area contributed by atoms with Gasteiger partial charge in [-0.15, -0.1) is 0 Å². The third kappa shape index (κ3) is 4.14. The topological polar surface area (TPSA) is 61.6 Å². The summed E-state index contributed by atoms with van der Waals surface area (Å²) >= 11 is 0. The van der Waals surface area contributed by atoms with Crippen molar-refractivity contribution >= 4 is 17.1 Å². The highest BCUT2D eigenvalue weighted by atomic mass is 19.4. The molecule has 0 radical (unpaired) electrons. The SMILES string of the molecule is COc1cc(F)c(OC(C)=O)cc1-c1cccc(-c2nc3cc(C(F)(F)F)ccc3o2)c1. The van der Waals surface area contributed by atoms with Crippen LogP contribution >= 0.6 is 0 Å². The van der Waals surface area contributed by atoms with Crippen molar-refractivity contribution in [1.29, 1.82) is 0 Å². The van der Waals surface area contributed by atoms with Crippen LogP contribution in [-0.4, -0.2) is 18.1 Å². The molecule has 0 aliphatic heterocycles. The van der Waals surface area contributed by atoms with Gasteiger partial charge < -0.3 is 13.9 Å². The van der Waals surface area contributed by atoms with Crippen LogP contribution in [0.25, 0.3) is 33.7 Å². The quantitative estimate of drug-likeness (QED) is 0.211. The summed E-state index contributed by atoms with van der Waals surface area (Å²) in [4.78, 5) is 15.4. The van der Waals surface area contributed by atoms with Crippen molar-refractivity contribution in [2.45, 2.75) is 13.1 Å². The van der Waals surface area contributed by atoms with Crippen LogP contribution in [-0.2, 0) is 11.0 Å². The monoisotopic (exact) mass is 445 g/mol. The molecule has 0 N–H and O–H groups in total. The number of methoxy groups -OCH3 is 1. The van der Waals surface area contributed by atoms with E-state index < -0.39 is 23.5 Å². The molecule has 0 amide bonds. The lowest BCUT2D eigenvalue weighted by Crippen LogP contribution is -2.04. The number of ether oxygens (including phenoxy) is 2. The summed E-state index contributed by atoms with van der Waals surface area (Å²) in [6, 6.07) is 12.2. The summed E-state index contributed by atoms with van der Waals surface area (Å²) < 4.78 is 68.9. The van der Waals surface area contributed by atoms with Gasteiger partial charge in [0.1, 0.15) is 11.3 Å². The number of carbonyl (C=O) groups is 1. The van der Waals surface area contributed by atoms with Crippen molar-refractivity contribution in [2.24, 2.45) is 0 Å². The fraction of sp³-hybridized carbons (Fsp3) is 0.130. The Morgan fingerprint density at radius 3 is 2.44 bits per heavy atom. The number of hydrogen-bond acceptors (Lipinski definition) is 5. The van der Waals surface area contributed by atoms with E-state index in [0.29, 0.717) is 16.7 Å². The first-order valence-electron chi connectivity index (χ1n) is 9.30. The molecule has 0 atom stereocenters. The highest BCUT2D eigenvalue weighted by Crippen LogP contribution is 2.38. The lowest BCUT2D eigenvalue weighted by Gasteiger charge is -2.12. The van der Waals surface area contributed by atoms with Crippen LogP contribution in [0, 0.1) is 5.82 Å². The smallest absolute Gasteiger partial charge is 0.416 e. The zero-order valence-electron chi connectivity index (χ0n) is 16.8. The lowest BCUT2D eigenvalue weighted by molar-refractivity contribution is -0.137. The molecular weight excluding hydrogens is 430 g/mol. The Bertz CT molecular complexity index is 1330. The summed E-state index contributed by atoms with van der Waals surface area (Å²) in [6.45, 7) is 1.15. The molecule has 0 saturated heterocycles. The Morgan fingerprint density at radius 1 is 1.00 bits per heavy atom. The van der Waals surface area contributed by atoms with Gasteiger partial charge in [0.2, 0.25) is 5.89 Å². The Kier molecular flexibility index (Phi) is 5.33. The number of rotatable bonds is 4. The van der Waals surface area contributed by atoms with Crippen molar-refractivity contribution in [3.63, 3.8) is 0 Å². The van der Waals surface area contributed by atoms with Gasteiger partial charge in [0, 0.05) is 24.1 Å². The van der Waals surface area contributed by atoms with Gasteiger partial charge in [0.25, 0.3) is 0 Å². The Balaban J connectivity index is 1.78. The molecule has 9 heteroatoms. The average Bonchev–Trinajstić information content (AvgIpc) is 3.17. The van der Waals surface area contributed by atoms with E-state index in [1.54, 1.807) is 24.3 Å². The number of nitrogens with zero attached hydrogens (tertiary/aromatic N) is 1. The van der Waals surface area contributed by atoms with Crippen LogP contribution in [0.2, 0.25) is 0 Å². The van der Waals surface area contributed by atoms with Crippen molar-refractivity contribution in [3.05, 3.63) is 66.0 Å². The van der Waals surface area contributed by atoms with Gasteiger partial charge in [-0.3, -0.25) is 4.79 Å². The first kappa shape index (κ1) is 21.4. The molecule has 0 unspecified atom stereocenters. The number of fused-ring (bicyclic) bond motifs is 1. The second-order valence-corrected chi connectivity index (χ2v) is 6.86. The van der Waals surface area contributed by atoms with E-state index in [1.807, 2.05) is 0 Å². The lowest BCUT2D eigenvalue weighted by atomic mass is 10.0. The van der Waals surface area contributed by atoms with Crippen LogP contribution < -0.4 is 9.47 Å². The highest BCUT2D eigenvalue weighted by molar-refractivity contribution is 5.80. The predicted octanol–water partition coefficient (Wildman–Crippen LogP) is 6.25. The molecule has 1 heterocycles.